The quantitative estimate of drug-likeness (QED) is 0.243. The number of ether oxygens (including phenoxy) is 1. The van der Waals surface area contributed by atoms with Gasteiger partial charge in [0.25, 0.3) is 0 Å². The van der Waals surface area contributed by atoms with E-state index >= 15 is 0 Å². The van der Waals surface area contributed by atoms with Crippen molar-refractivity contribution in [2.75, 3.05) is 12.5 Å². The summed E-state index contributed by atoms with van der Waals surface area (Å²) < 4.78 is 47.4. The van der Waals surface area contributed by atoms with Crippen LogP contribution in [0.5, 0.6) is 0 Å². The van der Waals surface area contributed by atoms with Gasteiger partial charge in [0.05, 0.1) is 28.0 Å². The first kappa shape index (κ1) is 25.0. The van der Waals surface area contributed by atoms with Gasteiger partial charge in [-0.3, -0.25) is 9.48 Å². The zero-order chi connectivity index (χ0) is 25.5. The molecule has 0 aliphatic rings. The molecule has 0 spiro atoms. The number of fused-ring (bicyclic) bond motifs is 1. The predicted octanol–water partition coefficient (Wildman–Crippen LogP) is 5.55. The Morgan fingerprint density at radius 3 is 2.46 bits per heavy atom. The molecule has 0 saturated heterocycles. The Morgan fingerprint density at radius 1 is 1.11 bits per heavy atom. The van der Waals surface area contributed by atoms with Crippen LogP contribution in [0.25, 0.3) is 27.8 Å². The summed E-state index contributed by atoms with van der Waals surface area (Å²) in [5.74, 6) is -0.233. The fraction of sp³-hybridized carbons (Fsp3) is 0.304. The normalized spacial score (nSPS) is 12.3. The lowest BCUT2D eigenvalue weighted by Gasteiger charge is -2.20. The van der Waals surface area contributed by atoms with Crippen molar-refractivity contribution in [2.45, 2.75) is 25.4 Å². The molecule has 12 heteroatoms. The highest BCUT2D eigenvalue weighted by atomic mass is 35.5. The molecule has 2 aromatic carbocycles. The molecule has 2 aromatic heterocycles. The molecule has 184 valence electrons. The van der Waals surface area contributed by atoms with Crippen LogP contribution in [0.4, 0.5) is 13.2 Å². The number of halogens is 5. The van der Waals surface area contributed by atoms with Gasteiger partial charge < -0.3 is 4.74 Å². The minimum absolute atomic E-state index is 0.0826. The van der Waals surface area contributed by atoms with Crippen LogP contribution in [-0.2, 0) is 28.2 Å². The van der Waals surface area contributed by atoms with Crippen LogP contribution >= 0.6 is 23.2 Å². The fourth-order valence-corrected chi connectivity index (χ4v) is 3.93. The van der Waals surface area contributed by atoms with E-state index in [9.17, 15) is 18.0 Å². The molecule has 0 aliphatic carbocycles. The van der Waals surface area contributed by atoms with Crippen LogP contribution in [0.15, 0.2) is 42.6 Å². The third-order valence-corrected chi connectivity index (χ3v) is 6.08. The molecule has 0 aliphatic heterocycles. The average molecular weight is 526 g/mol. The Kier molecular flexibility index (Phi) is 6.54. The highest BCUT2D eigenvalue weighted by Gasteiger charge is 2.33. The Hall–Kier alpha value is -3.11. The summed E-state index contributed by atoms with van der Waals surface area (Å²) in [4.78, 5) is 11.4. The van der Waals surface area contributed by atoms with Gasteiger partial charge in [-0.1, -0.05) is 42.8 Å². The number of aromatic nitrogens is 5. The van der Waals surface area contributed by atoms with Crippen LogP contribution < -0.4 is 0 Å². The summed E-state index contributed by atoms with van der Waals surface area (Å²) in [5, 5.41) is 13.3. The molecular weight excluding hydrogens is 506 g/mol. The summed E-state index contributed by atoms with van der Waals surface area (Å²) in [6.45, 7) is 3.81. The Balaban J connectivity index is 1.66. The highest BCUT2D eigenvalue weighted by Crippen LogP contribution is 2.37. The monoisotopic (exact) mass is 525 g/mol. The lowest BCUT2D eigenvalue weighted by molar-refractivity contribution is -0.142. The molecule has 4 rings (SSSR count). The second kappa shape index (κ2) is 9.16. The molecule has 0 fully saturated rings. The molecule has 4 aromatic rings. The van der Waals surface area contributed by atoms with Crippen molar-refractivity contribution < 1.29 is 22.7 Å². The molecule has 7 nitrogen and oxygen atoms in total. The van der Waals surface area contributed by atoms with E-state index in [0.29, 0.717) is 22.6 Å². The van der Waals surface area contributed by atoms with Gasteiger partial charge in [0, 0.05) is 17.8 Å². The smallest absolute Gasteiger partial charge is 0.417 e. The van der Waals surface area contributed by atoms with Crippen LogP contribution in [0.1, 0.15) is 25.1 Å². The first-order valence-corrected chi connectivity index (χ1v) is 11.3. The largest absolute Gasteiger partial charge is 0.464 e. The minimum atomic E-state index is -4.52. The molecule has 0 atom stereocenters. The number of nitrogens with zero attached hydrogens (tertiary/aromatic N) is 5. The van der Waals surface area contributed by atoms with Crippen LogP contribution in [0.2, 0.25) is 5.02 Å². The van der Waals surface area contributed by atoms with Gasteiger partial charge in [-0.2, -0.15) is 23.0 Å². The fourth-order valence-electron chi connectivity index (χ4n) is 3.56. The van der Waals surface area contributed by atoms with Crippen LogP contribution in [0.3, 0.4) is 0 Å². The standard InChI is InChI=1S/C23H20Cl2F3N5O2/c1-22(2,12-35-20(34)10-24)19-11-33(31-29-19)21-15-6-4-14(9-18(15)32(3)30-21)13-5-7-16(17(25)8-13)23(26,27)28/h4-9,11H,10,12H2,1-3H3. The number of carbonyl (C=O) groups is 1. The van der Waals surface area contributed by atoms with Crippen LogP contribution in [0, 0.1) is 0 Å². The first-order valence-electron chi connectivity index (χ1n) is 10.4. The first-order chi connectivity index (χ1) is 16.4. The molecule has 35 heavy (non-hydrogen) atoms. The predicted molar refractivity (Wildman–Crippen MR) is 126 cm³/mol. The summed E-state index contributed by atoms with van der Waals surface area (Å²) in [6, 6.07) is 9.06. The van der Waals surface area contributed by atoms with E-state index in [1.807, 2.05) is 26.0 Å². The molecule has 0 radical (unpaired) electrons. The van der Waals surface area contributed by atoms with E-state index in [2.05, 4.69) is 15.4 Å². The Morgan fingerprint density at radius 2 is 1.80 bits per heavy atom. The second-order valence-corrected chi connectivity index (χ2v) is 9.27. The molecule has 0 saturated carbocycles. The van der Waals surface area contributed by atoms with Crippen molar-refractivity contribution in [2.24, 2.45) is 7.05 Å². The molecule has 0 bridgehead atoms. The highest BCUT2D eigenvalue weighted by molar-refractivity contribution is 6.31. The topological polar surface area (TPSA) is 74.8 Å². The third-order valence-electron chi connectivity index (χ3n) is 5.55. The number of carbonyl (C=O) groups excluding carboxylic acids is 1. The molecule has 0 amide bonds. The number of hydrogen-bond acceptors (Lipinski definition) is 5. The van der Waals surface area contributed by atoms with E-state index in [1.54, 1.807) is 24.0 Å². The summed E-state index contributed by atoms with van der Waals surface area (Å²) in [5.41, 5.74) is 1.07. The van der Waals surface area contributed by atoms with Crippen molar-refractivity contribution >= 4 is 40.1 Å². The summed E-state index contributed by atoms with van der Waals surface area (Å²) >= 11 is 11.4. The zero-order valence-electron chi connectivity index (χ0n) is 18.9. The summed E-state index contributed by atoms with van der Waals surface area (Å²) in [6.07, 6.45) is -2.81. The maximum absolute atomic E-state index is 13.0. The Labute approximate surface area is 208 Å². The van der Waals surface area contributed by atoms with E-state index in [1.165, 1.54) is 16.8 Å². The van der Waals surface area contributed by atoms with Crippen molar-refractivity contribution in [3.8, 4) is 16.9 Å². The third kappa shape index (κ3) is 4.99. The molecular formula is C23H20Cl2F3N5O2. The van der Waals surface area contributed by atoms with Crippen LogP contribution in [-0.4, -0.2) is 43.2 Å². The second-order valence-electron chi connectivity index (χ2n) is 8.60. The summed E-state index contributed by atoms with van der Waals surface area (Å²) in [7, 11) is 1.75. The molecule has 0 unspecified atom stereocenters. The van der Waals surface area contributed by atoms with Crippen molar-refractivity contribution in [1.82, 2.24) is 24.8 Å². The number of hydrogen-bond donors (Lipinski definition) is 0. The van der Waals surface area contributed by atoms with Gasteiger partial charge in [-0.25, -0.2) is 0 Å². The number of rotatable bonds is 6. The van der Waals surface area contributed by atoms with Gasteiger partial charge in [-0.15, -0.1) is 16.7 Å². The lowest BCUT2D eigenvalue weighted by Crippen LogP contribution is -2.27. The Bertz CT molecular complexity index is 1410. The van der Waals surface area contributed by atoms with Crippen molar-refractivity contribution in [3.05, 3.63) is 58.9 Å². The molecule has 0 N–H and O–H groups in total. The van der Waals surface area contributed by atoms with Gasteiger partial charge in [0.1, 0.15) is 12.5 Å². The zero-order valence-corrected chi connectivity index (χ0v) is 20.4. The maximum Gasteiger partial charge on any atom is 0.417 e. The van der Waals surface area contributed by atoms with Gasteiger partial charge in [0.2, 0.25) is 0 Å². The lowest BCUT2D eigenvalue weighted by atomic mass is 9.91. The van der Waals surface area contributed by atoms with Crippen molar-refractivity contribution in [1.29, 1.82) is 0 Å². The van der Waals surface area contributed by atoms with Crippen molar-refractivity contribution in [3.63, 3.8) is 0 Å². The number of esters is 1. The number of alkyl halides is 4. The van der Waals surface area contributed by atoms with Gasteiger partial charge in [-0.05, 0) is 35.4 Å². The van der Waals surface area contributed by atoms with E-state index in [0.717, 1.165) is 17.0 Å². The number of aryl methyl sites for hydroxylation is 1. The van der Waals surface area contributed by atoms with E-state index in [-0.39, 0.29) is 17.5 Å². The minimum Gasteiger partial charge on any atom is -0.464 e. The van der Waals surface area contributed by atoms with Gasteiger partial charge >= 0.3 is 12.1 Å². The SMILES string of the molecule is Cn1nc(-n2cc(C(C)(C)COC(=O)CCl)nn2)c2ccc(-c3ccc(C(F)(F)F)c(Cl)c3)cc21. The van der Waals surface area contributed by atoms with E-state index in [4.69, 9.17) is 27.9 Å². The van der Waals surface area contributed by atoms with Gasteiger partial charge in [0.15, 0.2) is 5.82 Å². The average Bonchev–Trinajstić information content (AvgIpc) is 3.42. The number of benzene rings is 2. The molecule has 2 heterocycles. The maximum atomic E-state index is 13.0. The van der Waals surface area contributed by atoms with E-state index < -0.39 is 23.1 Å².